The summed E-state index contributed by atoms with van der Waals surface area (Å²) in [6.45, 7) is 7.68. The van der Waals surface area contributed by atoms with Crippen LogP contribution < -0.4 is 0 Å². The van der Waals surface area contributed by atoms with E-state index < -0.39 is 0 Å². The lowest BCUT2D eigenvalue weighted by Crippen LogP contribution is -1.78. The van der Waals surface area contributed by atoms with E-state index in [1.807, 2.05) is 26.8 Å². The first-order valence-electron chi connectivity index (χ1n) is 4.07. The van der Waals surface area contributed by atoms with Gasteiger partial charge < -0.3 is 5.11 Å². The van der Waals surface area contributed by atoms with Crippen LogP contribution in [0.25, 0.3) is 0 Å². The third kappa shape index (κ3) is 2.74. The lowest BCUT2D eigenvalue weighted by atomic mass is 10.1. The molecule has 68 valence electrons. The summed E-state index contributed by atoms with van der Waals surface area (Å²) >= 11 is 5.76. The maximum absolute atomic E-state index is 9.20. The molecule has 0 amide bonds. The molecule has 1 aromatic rings. The molecule has 0 heterocycles. The summed E-state index contributed by atoms with van der Waals surface area (Å²) in [4.78, 5) is 0. The van der Waals surface area contributed by atoms with Gasteiger partial charge in [-0.25, -0.2) is 0 Å². The van der Waals surface area contributed by atoms with Crippen molar-refractivity contribution < 1.29 is 5.11 Å². The van der Waals surface area contributed by atoms with Crippen LogP contribution in [0.2, 0.25) is 5.02 Å². The fraction of sp³-hybridized carbons (Fsp3) is 0.400. The van der Waals surface area contributed by atoms with Crippen molar-refractivity contribution >= 4 is 11.6 Å². The van der Waals surface area contributed by atoms with Crippen molar-refractivity contribution in [3.8, 4) is 5.75 Å². The Morgan fingerprint density at radius 3 is 2.08 bits per heavy atom. The maximum Gasteiger partial charge on any atom is 0.120 e. The quantitative estimate of drug-likeness (QED) is 0.655. The predicted molar refractivity (Wildman–Crippen MR) is 53.9 cm³/mol. The number of phenols is 1. The molecule has 0 unspecified atom stereocenters. The zero-order valence-corrected chi connectivity index (χ0v) is 8.74. The second-order valence-corrected chi connectivity index (χ2v) is 2.80. The monoisotopic (exact) mass is 186 g/mol. The first-order chi connectivity index (χ1) is 5.61. The average molecular weight is 187 g/mol. The van der Waals surface area contributed by atoms with Gasteiger partial charge in [0.2, 0.25) is 0 Å². The second kappa shape index (κ2) is 5.04. The summed E-state index contributed by atoms with van der Waals surface area (Å²) in [5.41, 5.74) is 1.72. The molecule has 0 spiro atoms. The zero-order chi connectivity index (χ0) is 9.72. The van der Waals surface area contributed by atoms with Crippen LogP contribution >= 0.6 is 11.6 Å². The first-order valence-corrected chi connectivity index (χ1v) is 4.45. The van der Waals surface area contributed by atoms with Gasteiger partial charge in [0.1, 0.15) is 5.75 Å². The number of hydrogen-bond donors (Lipinski definition) is 1. The van der Waals surface area contributed by atoms with Crippen molar-refractivity contribution in [3.63, 3.8) is 0 Å². The Morgan fingerprint density at radius 2 is 1.67 bits per heavy atom. The number of aryl methyl sites for hydroxylation is 1. The van der Waals surface area contributed by atoms with Crippen molar-refractivity contribution in [2.75, 3.05) is 0 Å². The van der Waals surface area contributed by atoms with Gasteiger partial charge in [-0.3, -0.25) is 0 Å². The fourth-order valence-corrected chi connectivity index (χ4v) is 1.06. The minimum absolute atomic E-state index is 0.269. The molecule has 0 aliphatic carbocycles. The summed E-state index contributed by atoms with van der Waals surface area (Å²) in [5, 5.41) is 9.82. The number of hydrogen-bond acceptors (Lipinski definition) is 1. The van der Waals surface area contributed by atoms with Gasteiger partial charge in [-0.2, -0.15) is 0 Å². The van der Waals surface area contributed by atoms with Crippen LogP contribution in [0.1, 0.15) is 25.0 Å². The molecule has 1 N–H and O–H groups in total. The van der Waals surface area contributed by atoms with Gasteiger partial charge in [-0.15, -0.1) is 0 Å². The van der Waals surface area contributed by atoms with Crippen molar-refractivity contribution in [3.05, 3.63) is 28.3 Å². The molecule has 1 nitrogen and oxygen atoms in total. The van der Waals surface area contributed by atoms with Crippen molar-refractivity contribution in [2.24, 2.45) is 0 Å². The SMILES string of the molecule is CC.Cc1cc(O)c(C)c(Cl)c1. The molecule has 2 heteroatoms. The van der Waals surface area contributed by atoms with Crippen LogP contribution in [0.3, 0.4) is 0 Å². The van der Waals surface area contributed by atoms with Gasteiger partial charge in [-0.05, 0) is 31.5 Å². The molecule has 0 fully saturated rings. The highest BCUT2D eigenvalue weighted by Gasteiger charge is 2.00. The van der Waals surface area contributed by atoms with E-state index >= 15 is 0 Å². The molecular weight excluding hydrogens is 172 g/mol. The minimum atomic E-state index is 0.269. The standard InChI is InChI=1S/C8H9ClO.C2H6/c1-5-3-7(9)6(2)8(10)4-5;1-2/h3-4,10H,1-2H3;1-2H3. The zero-order valence-electron chi connectivity index (χ0n) is 7.98. The van der Waals surface area contributed by atoms with E-state index in [0.717, 1.165) is 11.1 Å². The van der Waals surface area contributed by atoms with Crippen LogP contribution in [-0.2, 0) is 0 Å². The van der Waals surface area contributed by atoms with Gasteiger partial charge in [0.25, 0.3) is 0 Å². The highest BCUT2D eigenvalue weighted by atomic mass is 35.5. The van der Waals surface area contributed by atoms with E-state index in [4.69, 9.17) is 11.6 Å². The summed E-state index contributed by atoms with van der Waals surface area (Å²) in [6.07, 6.45) is 0. The molecule has 0 saturated carbocycles. The number of aromatic hydroxyl groups is 1. The molecule has 0 saturated heterocycles. The molecule has 12 heavy (non-hydrogen) atoms. The van der Waals surface area contributed by atoms with Crippen LogP contribution in [0.4, 0.5) is 0 Å². The molecular formula is C10H15ClO. The van der Waals surface area contributed by atoms with Crippen LogP contribution in [-0.4, -0.2) is 5.11 Å². The van der Waals surface area contributed by atoms with E-state index in [-0.39, 0.29) is 5.75 Å². The summed E-state index contributed by atoms with van der Waals surface area (Å²) in [5.74, 6) is 0.269. The Balaban J connectivity index is 0.000000561. The van der Waals surface area contributed by atoms with E-state index in [0.29, 0.717) is 5.02 Å². The molecule has 0 radical (unpaired) electrons. The van der Waals surface area contributed by atoms with Gasteiger partial charge in [0.15, 0.2) is 0 Å². The topological polar surface area (TPSA) is 20.2 Å². The van der Waals surface area contributed by atoms with Gasteiger partial charge in [-0.1, -0.05) is 25.4 Å². The van der Waals surface area contributed by atoms with Gasteiger partial charge in [0.05, 0.1) is 0 Å². The Labute approximate surface area is 79.0 Å². The smallest absolute Gasteiger partial charge is 0.120 e. The van der Waals surface area contributed by atoms with Crippen molar-refractivity contribution in [1.82, 2.24) is 0 Å². The molecule has 1 rings (SSSR count). The van der Waals surface area contributed by atoms with E-state index in [9.17, 15) is 5.11 Å². The number of halogens is 1. The third-order valence-electron chi connectivity index (χ3n) is 1.46. The van der Waals surface area contributed by atoms with Gasteiger partial charge in [0, 0.05) is 10.6 Å². The van der Waals surface area contributed by atoms with Crippen molar-refractivity contribution in [1.29, 1.82) is 0 Å². The van der Waals surface area contributed by atoms with Crippen LogP contribution in [0.15, 0.2) is 12.1 Å². The normalized spacial score (nSPS) is 8.75. The Bertz CT molecular complexity index is 233. The summed E-state index contributed by atoms with van der Waals surface area (Å²) in [7, 11) is 0. The minimum Gasteiger partial charge on any atom is -0.508 e. The molecule has 0 aromatic heterocycles. The van der Waals surface area contributed by atoms with Crippen LogP contribution in [0, 0.1) is 13.8 Å². The third-order valence-corrected chi connectivity index (χ3v) is 1.85. The van der Waals surface area contributed by atoms with Crippen molar-refractivity contribution in [2.45, 2.75) is 27.7 Å². The first kappa shape index (κ1) is 11.3. The number of phenolic OH excluding ortho intramolecular Hbond substituents is 1. The largest absolute Gasteiger partial charge is 0.508 e. The second-order valence-electron chi connectivity index (χ2n) is 2.39. The Hall–Kier alpha value is -0.690. The summed E-state index contributed by atoms with van der Waals surface area (Å²) in [6, 6.07) is 3.53. The Kier molecular flexibility index (Phi) is 4.75. The molecule has 0 aliphatic heterocycles. The lowest BCUT2D eigenvalue weighted by Gasteiger charge is -2.01. The molecule has 1 aromatic carbocycles. The predicted octanol–water partition coefficient (Wildman–Crippen LogP) is 3.69. The highest BCUT2D eigenvalue weighted by Crippen LogP contribution is 2.25. The fourth-order valence-electron chi connectivity index (χ4n) is 0.796. The molecule has 0 aliphatic rings. The summed E-state index contributed by atoms with van der Waals surface area (Å²) < 4.78 is 0. The molecule has 0 atom stereocenters. The number of benzene rings is 1. The maximum atomic E-state index is 9.20. The van der Waals surface area contributed by atoms with E-state index in [2.05, 4.69) is 0 Å². The van der Waals surface area contributed by atoms with E-state index in [1.165, 1.54) is 0 Å². The molecule has 0 bridgehead atoms. The lowest BCUT2D eigenvalue weighted by molar-refractivity contribution is 0.471. The highest BCUT2D eigenvalue weighted by molar-refractivity contribution is 6.31. The van der Waals surface area contributed by atoms with Gasteiger partial charge >= 0.3 is 0 Å². The number of rotatable bonds is 0. The van der Waals surface area contributed by atoms with Crippen LogP contribution in [0.5, 0.6) is 5.75 Å². The Morgan fingerprint density at radius 1 is 1.17 bits per heavy atom. The van der Waals surface area contributed by atoms with E-state index in [1.54, 1.807) is 13.0 Å². The average Bonchev–Trinajstić information content (AvgIpc) is 2.04.